The van der Waals surface area contributed by atoms with E-state index in [1.807, 2.05) is 0 Å². The number of rotatable bonds is 9. The average molecular weight is 652 g/mol. The van der Waals surface area contributed by atoms with Crippen molar-refractivity contribution in [1.82, 2.24) is 9.29 Å². The lowest BCUT2D eigenvalue weighted by Gasteiger charge is -2.27. The van der Waals surface area contributed by atoms with E-state index in [0.717, 1.165) is 16.0 Å². The summed E-state index contributed by atoms with van der Waals surface area (Å²) in [6.07, 6.45) is 4.06. The predicted molar refractivity (Wildman–Crippen MR) is 163 cm³/mol. The van der Waals surface area contributed by atoms with Crippen LogP contribution >= 0.6 is 22.9 Å². The van der Waals surface area contributed by atoms with Gasteiger partial charge in [0.1, 0.15) is 24.0 Å². The second-order valence-corrected chi connectivity index (χ2v) is 16.1. The van der Waals surface area contributed by atoms with Crippen molar-refractivity contribution in [2.45, 2.75) is 43.7 Å². The Kier molecular flexibility index (Phi) is 9.28. The maximum Gasteiger partial charge on any atom is 0.321 e. The summed E-state index contributed by atoms with van der Waals surface area (Å²) < 4.78 is 58.1. The Bertz CT molecular complexity index is 1730. The van der Waals surface area contributed by atoms with Gasteiger partial charge in [-0.2, -0.15) is 4.31 Å². The molecule has 1 aliphatic rings. The van der Waals surface area contributed by atoms with Crippen molar-refractivity contribution < 1.29 is 31.2 Å². The third kappa shape index (κ3) is 7.64. The van der Waals surface area contributed by atoms with E-state index in [9.17, 15) is 26.4 Å². The molecule has 0 saturated carbocycles. The summed E-state index contributed by atoms with van der Waals surface area (Å²) >= 11 is 7.13. The summed E-state index contributed by atoms with van der Waals surface area (Å²) in [7, 11) is -7.75. The summed E-state index contributed by atoms with van der Waals surface area (Å²) in [5, 5.41) is 0.946. The van der Waals surface area contributed by atoms with Crippen LogP contribution in [0.1, 0.15) is 32.1 Å². The van der Waals surface area contributed by atoms with Crippen LogP contribution in [0.15, 0.2) is 65.0 Å². The molecule has 14 heteroatoms. The molecule has 0 unspecified atom stereocenters. The normalized spacial score (nSPS) is 16.5. The van der Waals surface area contributed by atoms with Gasteiger partial charge in [0.2, 0.25) is 15.9 Å². The second-order valence-electron chi connectivity index (χ2n) is 10.6. The van der Waals surface area contributed by atoms with E-state index in [1.54, 1.807) is 63.2 Å². The number of halogens is 1. The van der Waals surface area contributed by atoms with Crippen LogP contribution in [0.3, 0.4) is 0 Å². The molecule has 3 heterocycles. The summed E-state index contributed by atoms with van der Waals surface area (Å²) in [4.78, 5) is 32.8. The molecular weight excluding hydrogens is 622 g/mol. The van der Waals surface area contributed by atoms with Crippen LogP contribution in [0.4, 0.5) is 5.82 Å². The highest BCUT2D eigenvalue weighted by molar-refractivity contribution is 7.92. The molecule has 0 spiro atoms. The number of hydrogen-bond donors (Lipinski definition) is 0. The number of carbonyl (C=O) groups is 2. The Balaban J connectivity index is 1.61. The minimum Gasteiger partial charge on any atom is -0.459 e. The zero-order valence-corrected chi connectivity index (χ0v) is 26.6. The molecule has 1 amide bonds. The first-order chi connectivity index (χ1) is 19.5. The van der Waals surface area contributed by atoms with Crippen molar-refractivity contribution in [3.63, 3.8) is 0 Å². The molecule has 1 aliphatic heterocycles. The lowest BCUT2D eigenvalue weighted by Crippen LogP contribution is -2.48. The van der Waals surface area contributed by atoms with E-state index < -0.39 is 49.9 Å². The minimum atomic E-state index is -4.25. The van der Waals surface area contributed by atoms with Gasteiger partial charge in [-0.25, -0.2) is 21.8 Å². The topological polar surface area (TPSA) is 131 Å². The van der Waals surface area contributed by atoms with Crippen molar-refractivity contribution in [3.8, 4) is 11.1 Å². The quantitative estimate of drug-likeness (QED) is 0.307. The van der Waals surface area contributed by atoms with Gasteiger partial charge < -0.3 is 4.74 Å². The Morgan fingerprint density at radius 3 is 2.45 bits per heavy atom. The molecular formula is C28H30ClN3O7S3. The monoisotopic (exact) mass is 651 g/mol. The molecule has 2 aromatic heterocycles. The smallest absolute Gasteiger partial charge is 0.321 e. The standard InChI is InChI=1S/C28H30ClN3O7S3/c1-28(2,3)39-26(33)18-32(42(37,38)16-14-20-10-11-24(29)40-20)22-13-15-31(27(22)34)25-12-9-19(17-30-25)21-7-5-6-8-23(21)41(4,35)36/h5-12,14,16-17,22H,13,15,18H2,1-4H3/b16-14+/t22-/m0/s1. The number of ether oxygens (including phenoxy) is 1. The first-order valence-electron chi connectivity index (χ1n) is 12.8. The Morgan fingerprint density at radius 1 is 1.14 bits per heavy atom. The fraction of sp³-hybridized carbons (Fsp3) is 0.321. The number of amides is 1. The van der Waals surface area contributed by atoms with Gasteiger partial charge in [0.25, 0.3) is 0 Å². The maximum atomic E-state index is 13.6. The van der Waals surface area contributed by atoms with E-state index in [0.29, 0.717) is 20.3 Å². The molecule has 42 heavy (non-hydrogen) atoms. The van der Waals surface area contributed by atoms with Crippen LogP contribution in [0.25, 0.3) is 17.2 Å². The number of pyridine rings is 1. The summed E-state index contributed by atoms with van der Waals surface area (Å²) in [6.45, 7) is 4.48. The number of hydrogen-bond acceptors (Lipinski definition) is 9. The van der Waals surface area contributed by atoms with Crippen LogP contribution in [-0.2, 0) is 34.2 Å². The van der Waals surface area contributed by atoms with Gasteiger partial charge >= 0.3 is 5.97 Å². The Labute approximate surface area is 254 Å². The fourth-order valence-corrected chi connectivity index (χ4v) is 7.69. The molecule has 10 nitrogen and oxygen atoms in total. The lowest BCUT2D eigenvalue weighted by atomic mass is 10.1. The number of carbonyl (C=O) groups excluding carboxylic acids is 2. The number of nitrogens with zero attached hydrogens (tertiary/aromatic N) is 3. The number of sulfonamides is 1. The van der Waals surface area contributed by atoms with Crippen molar-refractivity contribution in [1.29, 1.82) is 0 Å². The third-order valence-corrected chi connectivity index (χ3v) is 10.0. The fourth-order valence-electron chi connectivity index (χ4n) is 4.42. The molecule has 0 bridgehead atoms. The first-order valence-corrected chi connectivity index (χ1v) is 17.4. The van der Waals surface area contributed by atoms with E-state index in [1.165, 1.54) is 34.6 Å². The van der Waals surface area contributed by atoms with Crippen molar-refractivity contribution in [2.75, 3.05) is 24.2 Å². The van der Waals surface area contributed by atoms with Crippen molar-refractivity contribution in [3.05, 3.63) is 69.3 Å². The van der Waals surface area contributed by atoms with Gasteiger partial charge in [-0.3, -0.25) is 14.5 Å². The molecule has 0 radical (unpaired) electrons. The number of anilines is 1. The van der Waals surface area contributed by atoms with Crippen LogP contribution in [-0.4, -0.2) is 69.0 Å². The van der Waals surface area contributed by atoms with Crippen molar-refractivity contribution in [2.24, 2.45) is 0 Å². The number of esters is 1. The third-order valence-electron chi connectivity index (χ3n) is 6.18. The van der Waals surface area contributed by atoms with Gasteiger partial charge in [-0.05, 0) is 63.6 Å². The predicted octanol–water partition coefficient (Wildman–Crippen LogP) is 4.62. The zero-order chi connectivity index (χ0) is 30.9. The van der Waals surface area contributed by atoms with Crippen LogP contribution in [0.2, 0.25) is 4.34 Å². The van der Waals surface area contributed by atoms with E-state index in [-0.39, 0.29) is 23.7 Å². The summed E-state index contributed by atoms with van der Waals surface area (Å²) in [6, 6.07) is 11.9. The molecule has 0 N–H and O–H groups in total. The molecule has 1 fully saturated rings. The van der Waals surface area contributed by atoms with Crippen LogP contribution in [0, 0.1) is 0 Å². The highest BCUT2D eigenvalue weighted by atomic mass is 35.5. The largest absolute Gasteiger partial charge is 0.459 e. The average Bonchev–Trinajstić information content (AvgIpc) is 3.49. The molecule has 3 aromatic rings. The van der Waals surface area contributed by atoms with Crippen molar-refractivity contribution >= 4 is 66.6 Å². The van der Waals surface area contributed by atoms with Gasteiger partial charge in [-0.1, -0.05) is 29.8 Å². The number of aromatic nitrogens is 1. The number of sulfone groups is 1. The summed E-state index contributed by atoms with van der Waals surface area (Å²) in [5.74, 6) is -1.08. The molecule has 0 aliphatic carbocycles. The van der Waals surface area contributed by atoms with Gasteiger partial charge in [0.15, 0.2) is 9.84 Å². The molecule has 4 rings (SSSR count). The van der Waals surface area contributed by atoms with E-state index in [2.05, 4.69) is 4.98 Å². The van der Waals surface area contributed by atoms with Gasteiger partial charge in [0.05, 0.1) is 9.23 Å². The van der Waals surface area contributed by atoms with Gasteiger partial charge in [0, 0.05) is 40.4 Å². The number of thiophene rings is 1. The Hall–Kier alpha value is -3.10. The SMILES string of the molecule is CC(C)(C)OC(=O)CN([C@H]1CCN(c2ccc(-c3ccccc3S(C)(=O)=O)cn2)C1=O)S(=O)(=O)/C=C/c1ccc(Cl)s1. The van der Waals surface area contributed by atoms with Gasteiger partial charge in [-0.15, -0.1) is 11.3 Å². The molecule has 224 valence electrons. The highest BCUT2D eigenvalue weighted by Crippen LogP contribution is 2.30. The molecule has 1 atom stereocenters. The summed E-state index contributed by atoms with van der Waals surface area (Å²) in [5.41, 5.74) is 0.150. The minimum absolute atomic E-state index is 0.111. The van der Waals surface area contributed by atoms with Crippen LogP contribution < -0.4 is 4.90 Å². The van der Waals surface area contributed by atoms with Crippen LogP contribution in [0.5, 0.6) is 0 Å². The van der Waals surface area contributed by atoms with E-state index >= 15 is 0 Å². The molecule has 1 aromatic carbocycles. The van der Waals surface area contributed by atoms with E-state index in [4.69, 9.17) is 16.3 Å². The molecule has 1 saturated heterocycles. The Morgan fingerprint density at radius 2 is 1.86 bits per heavy atom. The highest BCUT2D eigenvalue weighted by Gasteiger charge is 2.43. The second kappa shape index (κ2) is 12.3. The maximum absolute atomic E-state index is 13.6. The first kappa shape index (κ1) is 31.8. The lowest BCUT2D eigenvalue weighted by molar-refractivity contribution is -0.155. The number of benzene rings is 1. The zero-order valence-electron chi connectivity index (χ0n) is 23.4.